The summed E-state index contributed by atoms with van der Waals surface area (Å²) in [5.74, 6) is 0.986. The number of rotatable bonds is 1. The third kappa shape index (κ3) is 1.55. The van der Waals surface area contributed by atoms with Crippen LogP contribution in [0, 0.1) is 0 Å². The van der Waals surface area contributed by atoms with Gasteiger partial charge >= 0.3 is 0 Å². The first-order valence-corrected chi connectivity index (χ1v) is 3.32. The minimum Gasteiger partial charge on any atom is -0.487 e. The lowest BCUT2D eigenvalue weighted by molar-refractivity contribution is 0.0589. The number of nitrogens with two attached hydrogens (primary N) is 1. The maximum Gasteiger partial charge on any atom is 0.183 e. The average Bonchev–Trinajstić information content (AvgIpc) is 2.04. The summed E-state index contributed by atoms with van der Waals surface area (Å²) in [6.45, 7) is 8.19. The smallest absolute Gasteiger partial charge is 0.183 e. The second kappa shape index (κ2) is 3.14. The Labute approximate surface area is 65.8 Å². The van der Waals surface area contributed by atoms with Crippen molar-refractivity contribution in [3.8, 4) is 0 Å². The summed E-state index contributed by atoms with van der Waals surface area (Å²) in [7, 11) is 0. The Balaban J connectivity index is 2.83. The van der Waals surface area contributed by atoms with Crippen molar-refractivity contribution < 1.29 is 9.47 Å². The maximum absolute atomic E-state index is 5.53. The highest BCUT2D eigenvalue weighted by Crippen LogP contribution is 2.17. The SMILES string of the molecule is C=C/C(N)=C1/OCCOC1=C. The molecule has 11 heavy (non-hydrogen) atoms. The van der Waals surface area contributed by atoms with E-state index in [1.54, 1.807) is 0 Å². The fourth-order valence-electron chi connectivity index (χ4n) is 0.792. The summed E-state index contributed by atoms with van der Waals surface area (Å²) in [6, 6.07) is 0. The molecule has 0 saturated carbocycles. The van der Waals surface area contributed by atoms with Crippen molar-refractivity contribution in [2.75, 3.05) is 13.2 Å². The molecular weight excluding hydrogens is 142 g/mol. The molecule has 1 rings (SSSR count). The molecule has 0 aromatic heterocycles. The van der Waals surface area contributed by atoms with E-state index in [1.807, 2.05) is 0 Å². The predicted molar refractivity (Wildman–Crippen MR) is 42.5 cm³/mol. The second-order valence-electron chi connectivity index (χ2n) is 2.11. The third-order valence-electron chi connectivity index (χ3n) is 1.34. The molecule has 1 saturated heterocycles. The minimum absolute atomic E-state index is 0.467. The number of hydrogen-bond donors (Lipinski definition) is 1. The first-order valence-electron chi connectivity index (χ1n) is 3.32. The van der Waals surface area contributed by atoms with Gasteiger partial charge in [-0.25, -0.2) is 0 Å². The van der Waals surface area contributed by atoms with Crippen LogP contribution in [0.4, 0.5) is 0 Å². The van der Waals surface area contributed by atoms with E-state index in [0.717, 1.165) is 0 Å². The van der Waals surface area contributed by atoms with Gasteiger partial charge in [0, 0.05) is 0 Å². The normalized spacial score (nSPS) is 21.6. The van der Waals surface area contributed by atoms with Crippen LogP contribution < -0.4 is 5.73 Å². The van der Waals surface area contributed by atoms with Gasteiger partial charge in [0.2, 0.25) is 0 Å². The Morgan fingerprint density at radius 3 is 2.64 bits per heavy atom. The summed E-state index contributed by atoms with van der Waals surface area (Å²) in [6.07, 6.45) is 1.51. The minimum atomic E-state index is 0.467. The van der Waals surface area contributed by atoms with Crippen molar-refractivity contribution in [3.63, 3.8) is 0 Å². The van der Waals surface area contributed by atoms with Crippen molar-refractivity contribution in [1.82, 2.24) is 0 Å². The van der Waals surface area contributed by atoms with Gasteiger partial charge in [0.1, 0.15) is 13.2 Å². The molecule has 0 amide bonds. The predicted octanol–water partition coefficient (Wildman–Crippen LogP) is 0.903. The van der Waals surface area contributed by atoms with E-state index in [2.05, 4.69) is 13.2 Å². The van der Waals surface area contributed by atoms with Gasteiger partial charge in [-0.15, -0.1) is 0 Å². The molecule has 3 nitrogen and oxygen atoms in total. The van der Waals surface area contributed by atoms with E-state index in [0.29, 0.717) is 30.4 Å². The van der Waals surface area contributed by atoms with Crippen LogP contribution in [0.1, 0.15) is 0 Å². The molecule has 60 valence electrons. The van der Waals surface area contributed by atoms with Crippen LogP contribution >= 0.6 is 0 Å². The lowest BCUT2D eigenvalue weighted by Gasteiger charge is -2.20. The van der Waals surface area contributed by atoms with Crippen LogP contribution in [0.2, 0.25) is 0 Å². The van der Waals surface area contributed by atoms with Gasteiger partial charge in [0.05, 0.1) is 5.70 Å². The molecule has 0 aromatic carbocycles. The highest BCUT2D eigenvalue weighted by Gasteiger charge is 2.13. The summed E-state index contributed by atoms with van der Waals surface area (Å²) in [5.41, 5.74) is 6.00. The summed E-state index contributed by atoms with van der Waals surface area (Å²) in [4.78, 5) is 0. The highest BCUT2D eigenvalue weighted by atomic mass is 16.6. The van der Waals surface area contributed by atoms with Gasteiger partial charge in [0.25, 0.3) is 0 Å². The Kier molecular flexibility index (Phi) is 2.21. The number of ether oxygens (including phenoxy) is 2. The Morgan fingerprint density at radius 1 is 1.45 bits per heavy atom. The van der Waals surface area contributed by atoms with Crippen LogP contribution in [-0.4, -0.2) is 13.2 Å². The van der Waals surface area contributed by atoms with Crippen LogP contribution in [0.25, 0.3) is 0 Å². The highest BCUT2D eigenvalue weighted by molar-refractivity contribution is 5.29. The van der Waals surface area contributed by atoms with E-state index >= 15 is 0 Å². The van der Waals surface area contributed by atoms with Gasteiger partial charge in [-0.05, 0) is 6.08 Å². The quantitative estimate of drug-likeness (QED) is 0.608. The van der Waals surface area contributed by atoms with Gasteiger partial charge in [-0.1, -0.05) is 13.2 Å². The van der Waals surface area contributed by atoms with Crippen molar-refractivity contribution in [2.45, 2.75) is 0 Å². The molecule has 0 aromatic rings. The van der Waals surface area contributed by atoms with Gasteiger partial charge in [0.15, 0.2) is 11.5 Å². The molecule has 3 heteroatoms. The molecule has 1 heterocycles. The lowest BCUT2D eigenvalue weighted by Crippen LogP contribution is -2.16. The molecule has 0 bridgehead atoms. The Hall–Kier alpha value is -1.38. The van der Waals surface area contributed by atoms with E-state index in [9.17, 15) is 0 Å². The number of hydrogen-bond acceptors (Lipinski definition) is 3. The third-order valence-corrected chi connectivity index (χ3v) is 1.34. The van der Waals surface area contributed by atoms with Crippen LogP contribution in [0.15, 0.2) is 36.4 Å². The fraction of sp³-hybridized carbons (Fsp3) is 0.250. The molecule has 0 unspecified atom stereocenters. The van der Waals surface area contributed by atoms with Crippen LogP contribution in [-0.2, 0) is 9.47 Å². The molecule has 0 radical (unpaired) electrons. The standard InChI is InChI=1S/C8H11NO2/c1-3-7(9)8-6(2)10-4-5-11-8/h3H,1-2,4-5,9H2/b8-7-. The van der Waals surface area contributed by atoms with Crippen LogP contribution in [0.3, 0.4) is 0 Å². The molecule has 0 atom stereocenters. The number of allylic oxidation sites excluding steroid dienone is 1. The molecule has 1 fully saturated rings. The zero-order valence-electron chi connectivity index (χ0n) is 6.30. The molecule has 0 aliphatic carbocycles. The van der Waals surface area contributed by atoms with Gasteiger partial charge < -0.3 is 15.2 Å². The van der Waals surface area contributed by atoms with E-state index in [-0.39, 0.29) is 0 Å². The zero-order valence-corrected chi connectivity index (χ0v) is 6.30. The van der Waals surface area contributed by atoms with E-state index in [1.165, 1.54) is 6.08 Å². The monoisotopic (exact) mass is 153 g/mol. The van der Waals surface area contributed by atoms with Crippen LogP contribution in [0.5, 0.6) is 0 Å². The van der Waals surface area contributed by atoms with E-state index < -0.39 is 0 Å². The molecule has 1 aliphatic rings. The molecule has 2 N–H and O–H groups in total. The first kappa shape index (κ1) is 7.72. The average molecular weight is 153 g/mol. The first-order chi connectivity index (χ1) is 5.25. The van der Waals surface area contributed by atoms with Crippen molar-refractivity contribution >= 4 is 0 Å². The molecule has 0 spiro atoms. The topological polar surface area (TPSA) is 44.5 Å². The zero-order chi connectivity index (χ0) is 8.27. The van der Waals surface area contributed by atoms with Crippen molar-refractivity contribution in [2.24, 2.45) is 5.73 Å². The summed E-state index contributed by atoms with van der Waals surface area (Å²) >= 11 is 0. The van der Waals surface area contributed by atoms with Crippen molar-refractivity contribution in [1.29, 1.82) is 0 Å². The molecular formula is C8H11NO2. The van der Waals surface area contributed by atoms with E-state index in [4.69, 9.17) is 15.2 Å². The fourth-order valence-corrected chi connectivity index (χ4v) is 0.792. The summed E-state index contributed by atoms with van der Waals surface area (Å²) in [5, 5.41) is 0. The largest absolute Gasteiger partial charge is 0.487 e. The Morgan fingerprint density at radius 2 is 2.09 bits per heavy atom. The Bertz CT molecular complexity index is 218. The molecule has 1 aliphatic heterocycles. The van der Waals surface area contributed by atoms with Gasteiger partial charge in [-0.2, -0.15) is 0 Å². The lowest BCUT2D eigenvalue weighted by atomic mass is 10.3. The van der Waals surface area contributed by atoms with Gasteiger partial charge in [-0.3, -0.25) is 0 Å². The second-order valence-corrected chi connectivity index (χ2v) is 2.11. The maximum atomic E-state index is 5.53. The van der Waals surface area contributed by atoms with Crippen molar-refractivity contribution in [3.05, 3.63) is 36.4 Å². The summed E-state index contributed by atoms with van der Waals surface area (Å²) < 4.78 is 10.3.